The fourth-order valence-electron chi connectivity index (χ4n) is 2.09. The summed E-state index contributed by atoms with van der Waals surface area (Å²) in [6.45, 7) is 2.00. The highest BCUT2D eigenvalue weighted by Crippen LogP contribution is 2.21. The lowest BCUT2D eigenvalue weighted by atomic mass is 10.1. The molecule has 0 aliphatic heterocycles. The van der Waals surface area contributed by atoms with Gasteiger partial charge in [0.1, 0.15) is 0 Å². The molecule has 0 bridgehead atoms. The highest BCUT2D eigenvalue weighted by molar-refractivity contribution is 7.91. The van der Waals surface area contributed by atoms with Crippen molar-refractivity contribution >= 4 is 44.0 Å². The lowest BCUT2D eigenvalue weighted by molar-refractivity contribution is 0.102. The fraction of sp³-hybridized carbons (Fsp3) is 0.118. The Bertz CT molecular complexity index is 1050. The molecule has 0 fully saturated rings. The van der Waals surface area contributed by atoms with Gasteiger partial charge in [-0.2, -0.15) is 0 Å². The Labute approximate surface area is 165 Å². The quantitative estimate of drug-likeness (QED) is 0.594. The van der Waals surface area contributed by atoms with Gasteiger partial charge in [-0.05, 0) is 36.8 Å². The Morgan fingerprint density at radius 3 is 2.41 bits per heavy atom. The van der Waals surface area contributed by atoms with E-state index in [4.69, 9.17) is 11.6 Å². The second kappa shape index (κ2) is 8.13. The number of benzene rings is 2. The smallest absolute Gasteiger partial charge is 0.270 e. The maximum Gasteiger partial charge on any atom is 0.270 e. The van der Waals surface area contributed by atoms with Crippen LogP contribution in [0.1, 0.15) is 21.5 Å². The van der Waals surface area contributed by atoms with E-state index in [0.717, 1.165) is 22.5 Å². The van der Waals surface area contributed by atoms with Gasteiger partial charge in [-0.25, -0.2) is 13.1 Å². The summed E-state index contributed by atoms with van der Waals surface area (Å²) in [5, 5.41) is 10.6. The summed E-state index contributed by atoms with van der Waals surface area (Å²) in [6, 6.07) is 13.8. The number of halogens is 1. The van der Waals surface area contributed by atoms with Crippen LogP contribution in [0.15, 0.2) is 52.9 Å². The minimum atomic E-state index is -3.84. The number of anilines is 1. The predicted octanol–water partition coefficient (Wildman–Crippen LogP) is 3.23. The molecule has 0 atom stereocenters. The van der Waals surface area contributed by atoms with Crippen molar-refractivity contribution in [3.63, 3.8) is 0 Å². The fourth-order valence-corrected chi connectivity index (χ4v) is 4.16. The monoisotopic (exact) mass is 422 g/mol. The van der Waals surface area contributed by atoms with Crippen LogP contribution in [0, 0.1) is 6.92 Å². The molecule has 2 N–H and O–H groups in total. The second-order valence-corrected chi connectivity index (χ2v) is 9.00. The van der Waals surface area contributed by atoms with E-state index in [1.165, 1.54) is 0 Å². The van der Waals surface area contributed by atoms with Crippen LogP contribution in [0.4, 0.5) is 5.13 Å². The number of sulfonamides is 1. The van der Waals surface area contributed by atoms with Gasteiger partial charge < -0.3 is 0 Å². The van der Waals surface area contributed by atoms with Crippen LogP contribution in [0.2, 0.25) is 5.02 Å². The van der Waals surface area contributed by atoms with E-state index in [2.05, 4.69) is 20.2 Å². The first kappa shape index (κ1) is 19.4. The van der Waals surface area contributed by atoms with Gasteiger partial charge in [0.05, 0.1) is 0 Å². The number of amides is 1. The van der Waals surface area contributed by atoms with E-state index in [1.54, 1.807) is 36.4 Å². The third-order valence-electron chi connectivity index (χ3n) is 3.55. The van der Waals surface area contributed by atoms with Crippen molar-refractivity contribution < 1.29 is 13.2 Å². The Kier molecular flexibility index (Phi) is 5.85. The summed E-state index contributed by atoms with van der Waals surface area (Å²) in [7, 11) is -3.84. The number of aryl methyl sites for hydroxylation is 1. The minimum Gasteiger partial charge on any atom is -0.296 e. The predicted molar refractivity (Wildman–Crippen MR) is 105 cm³/mol. The standard InChI is InChI=1S/C17H15ClN4O3S2/c1-11-2-6-13(7-3-11)15(23)20-16-21-22-17(26-16)27(24,25)19-10-12-4-8-14(18)9-5-12/h2-9,19H,10H2,1H3,(H,20,21,23). The Hall–Kier alpha value is -2.33. The van der Waals surface area contributed by atoms with Crippen LogP contribution in [0.25, 0.3) is 0 Å². The largest absolute Gasteiger partial charge is 0.296 e. The van der Waals surface area contributed by atoms with E-state index >= 15 is 0 Å². The molecule has 140 valence electrons. The molecule has 0 unspecified atom stereocenters. The zero-order chi connectivity index (χ0) is 19.4. The van der Waals surface area contributed by atoms with Gasteiger partial charge >= 0.3 is 0 Å². The number of nitrogens with zero attached hydrogens (tertiary/aromatic N) is 2. The Morgan fingerprint density at radius 1 is 1.07 bits per heavy atom. The first-order valence-electron chi connectivity index (χ1n) is 7.79. The van der Waals surface area contributed by atoms with Crippen LogP contribution in [0.3, 0.4) is 0 Å². The molecule has 2 aromatic carbocycles. The van der Waals surface area contributed by atoms with Gasteiger partial charge in [0.25, 0.3) is 15.9 Å². The number of carbonyl (C=O) groups excluding carboxylic acids is 1. The minimum absolute atomic E-state index is 0.0874. The van der Waals surface area contributed by atoms with Gasteiger partial charge in [-0.1, -0.05) is 52.8 Å². The zero-order valence-electron chi connectivity index (χ0n) is 14.1. The van der Waals surface area contributed by atoms with Crippen molar-refractivity contribution in [3.05, 3.63) is 70.2 Å². The van der Waals surface area contributed by atoms with Gasteiger partial charge in [0, 0.05) is 17.1 Å². The van der Waals surface area contributed by atoms with Crippen LogP contribution in [-0.4, -0.2) is 24.5 Å². The molecule has 1 aromatic heterocycles. The van der Waals surface area contributed by atoms with Gasteiger partial charge in [0.15, 0.2) is 0 Å². The highest BCUT2D eigenvalue weighted by Gasteiger charge is 2.21. The highest BCUT2D eigenvalue weighted by atomic mass is 35.5. The average molecular weight is 423 g/mol. The molecule has 0 aliphatic rings. The SMILES string of the molecule is Cc1ccc(C(=O)Nc2nnc(S(=O)(=O)NCc3ccc(Cl)cc3)s2)cc1. The van der Waals surface area contributed by atoms with Crippen LogP contribution in [0.5, 0.6) is 0 Å². The first-order valence-corrected chi connectivity index (χ1v) is 10.5. The molecule has 3 rings (SSSR count). The Morgan fingerprint density at radius 2 is 1.74 bits per heavy atom. The third-order valence-corrected chi connectivity index (χ3v) is 6.41. The summed E-state index contributed by atoms with van der Waals surface area (Å²) < 4.78 is 26.9. The lowest BCUT2D eigenvalue weighted by Crippen LogP contribution is -2.23. The molecule has 0 saturated carbocycles. The maximum absolute atomic E-state index is 12.3. The Balaban J connectivity index is 1.65. The number of aromatic nitrogens is 2. The molecule has 0 aliphatic carbocycles. The van der Waals surface area contributed by atoms with Gasteiger partial charge in [0.2, 0.25) is 9.47 Å². The number of rotatable bonds is 6. The van der Waals surface area contributed by atoms with E-state index in [-0.39, 0.29) is 21.9 Å². The molecule has 1 heterocycles. The summed E-state index contributed by atoms with van der Waals surface area (Å²) in [5.74, 6) is -0.385. The number of hydrogen-bond donors (Lipinski definition) is 2. The molecule has 0 saturated heterocycles. The number of nitrogens with one attached hydrogen (secondary N) is 2. The molecular weight excluding hydrogens is 408 g/mol. The second-order valence-electron chi connectivity index (χ2n) is 5.64. The van der Waals surface area contributed by atoms with E-state index in [0.29, 0.717) is 10.6 Å². The molecule has 27 heavy (non-hydrogen) atoms. The molecule has 0 spiro atoms. The molecule has 10 heteroatoms. The van der Waals surface area contributed by atoms with Crippen LogP contribution >= 0.6 is 22.9 Å². The summed E-state index contributed by atoms with van der Waals surface area (Å²) >= 11 is 6.58. The molecule has 0 radical (unpaired) electrons. The van der Waals surface area contributed by atoms with Crippen molar-refractivity contribution in [3.8, 4) is 0 Å². The molecule has 3 aromatic rings. The average Bonchev–Trinajstić information content (AvgIpc) is 3.11. The van der Waals surface area contributed by atoms with Crippen molar-refractivity contribution in [1.82, 2.24) is 14.9 Å². The van der Waals surface area contributed by atoms with E-state index in [9.17, 15) is 13.2 Å². The van der Waals surface area contributed by atoms with Crippen molar-refractivity contribution in [1.29, 1.82) is 0 Å². The van der Waals surface area contributed by atoms with Gasteiger partial charge in [-0.15, -0.1) is 10.2 Å². The summed E-state index contributed by atoms with van der Waals surface area (Å²) in [5.41, 5.74) is 2.23. The van der Waals surface area contributed by atoms with Crippen LogP contribution < -0.4 is 10.0 Å². The topological polar surface area (TPSA) is 101 Å². The number of carbonyl (C=O) groups is 1. The molecular formula is C17H15ClN4O3S2. The third kappa shape index (κ3) is 5.10. The number of hydrogen-bond acceptors (Lipinski definition) is 6. The maximum atomic E-state index is 12.3. The summed E-state index contributed by atoms with van der Waals surface area (Å²) in [4.78, 5) is 12.2. The van der Waals surface area contributed by atoms with Crippen molar-refractivity contribution in [2.75, 3.05) is 5.32 Å². The normalized spacial score (nSPS) is 11.3. The summed E-state index contributed by atoms with van der Waals surface area (Å²) in [6.07, 6.45) is 0. The van der Waals surface area contributed by atoms with Crippen molar-refractivity contribution in [2.45, 2.75) is 17.8 Å². The van der Waals surface area contributed by atoms with Gasteiger partial charge in [-0.3, -0.25) is 10.1 Å². The first-order chi connectivity index (χ1) is 12.8. The van der Waals surface area contributed by atoms with E-state index in [1.807, 2.05) is 19.1 Å². The van der Waals surface area contributed by atoms with Crippen LogP contribution in [-0.2, 0) is 16.6 Å². The molecule has 1 amide bonds. The molecule has 7 nitrogen and oxygen atoms in total. The van der Waals surface area contributed by atoms with E-state index < -0.39 is 10.0 Å². The zero-order valence-corrected chi connectivity index (χ0v) is 16.5. The lowest BCUT2D eigenvalue weighted by Gasteiger charge is -2.04. The van der Waals surface area contributed by atoms with Crippen molar-refractivity contribution in [2.24, 2.45) is 0 Å².